The summed E-state index contributed by atoms with van der Waals surface area (Å²) >= 11 is 15.0. The Balaban J connectivity index is 2.49. The van der Waals surface area contributed by atoms with Crippen LogP contribution in [0.4, 0.5) is 10.2 Å². The minimum atomic E-state index is -0.521. The van der Waals surface area contributed by atoms with Crippen molar-refractivity contribution in [3.05, 3.63) is 44.2 Å². The van der Waals surface area contributed by atoms with E-state index in [1.165, 1.54) is 12.1 Å². The molecule has 0 aliphatic carbocycles. The predicted octanol–water partition coefficient (Wildman–Crippen LogP) is 4.28. The molecule has 1 atom stereocenters. The third kappa shape index (κ3) is 2.35. The number of nitrogen functional groups attached to an aromatic ring is 1. The normalized spacial score (nSPS) is 12.7. The predicted molar refractivity (Wildman–Crippen MR) is 74.6 cm³/mol. The highest BCUT2D eigenvalue weighted by molar-refractivity contribution is 9.10. The van der Waals surface area contributed by atoms with E-state index in [2.05, 4.69) is 21.0 Å². The Bertz CT molecular complexity index is 600. The van der Waals surface area contributed by atoms with Gasteiger partial charge in [0.05, 0.1) is 21.7 Å². The molecule has 0 spiro atoms. The zero-order valence-electron chi connectivity index (χ0n) is 9.29. The Morgan fingerprint density at radius 3 is 2.61 bits per heavy atom. The second kappa shape index (κ2) is 5.07. The van der Waals surface area contributed by atoms with Crippen LogP contribution in [0.5, 0.6) is 0 Å². The van der Waals surface area contributed by atoms with Gasteiger partial charge in [-0.15, -0.1) is 0 Å². The van der Waals surface area contributed by atoms with Gasteiger partial charge in [-0.3, -0.25) is 0 Å². The molecule has 7 heteroatoms. The highest BCUT2D eigenvalue weighted by atomic mass is 79.9. The topological polar surface area (TPSA) is 43.8 Å². The summed E-state index contributed by atoms with van der Waals surface area (Å²) < 4.78 is 15.7. The van der Waals surface area contributed by atoms with Crippen LogP contribution in [0, 0.1) is 5.82 Å². The molecule has 2 rings (SSSR count). The summed E-state index contributed by atoms with van der Waals surface area (Å²) in [5, 5.41) is 4.48. The summed E-state index contributed by atoms with van der Waals surface area (Å²) in [6, 6.07) is 2.37. The van der Waals surface area contributed by atoms with Crippen LogP contribution >= 0.6 is 39.1 Å². The molecular formula is C11H9BrCl2FN3. The largest absolute Gasteiger partial charge is 0.383 e. The molecule has 0 bridgehead atoms. The van der Waals surface area contributed by atoms with Crippen molar-refractivity contribution >= 4 is 44.9 Å². The van der Waals surface area contributed by atoms with E-state index >= 15 is 0 Å². The van der Waals surface area contributed by atoms with Gasteiger partial charge in [-0.05, 0) is 40.5 Å². The van der Waals surface area contributed by atoms with Gasteiger partial charge in [0.25, 0.3) is 0 Å². The molecular weight excluding hydrogens is 344 g/mol. The van der Waals surface area contributed by atoms with Crippen LogP contribution in [0.3, 0.4) is 0 Å². The van der Waals surface area contributed by atoms with Crippen molar-refractivity contribution in [2.45, 2.75) is 13.0 Å². The van der Waals surface area contributed by atoms with Gasteiger partial charge in [0, 0.05) is 5.02 Å². The fourth-order valence-corrected chi connectivity index (χ4v) is 2.46. The first kappa shape index (κ1) is 13.6. The van der Waals surface area contributed by atoms with Gasteiger partial charge in [-0.1, -0.05) is 23.2 Å². The van der Waals surface area contributed by atoms with Crippen LogP contribution in [0.25, 0.3) is 0 Å². The minimum Gasteiger partial charge on any atom is -0.383 e. The molecule has 3 nitrogen and oxygen atoms in total. The van der Waals surface area contributed by atoms with E-state index in [-0.39, 0.29) is 11.1 Å². The van der Waals surface area contributed by atoms with Crippen LogP contribution in [0.1, 0.15) is 18.5 Å². The summed E-state index contributed by atoms with van der Waals surface area (Å²) in [7, 11) is 0. The van der Waals surface area contributed by atoms with Crippen molar-refractivity contribution in [2.24, 2.45) is 0 Å². The van der Waals surface area contributed by atoms with E-state index in [1.807, 2.05) is 6.92 Å². The van der Waals surface area contributed by atoms with E-state index in [4.69, 9.17) is 28.9 Å². The summed E-state index contributed by atoms with van der Waals surface area (Å²) in [5.74, 6) is -0.0679. The average molecular weight is 353 g/mol. The fraction of sp³-hybridized carbons (Fsp3) is 0.182. The Kier molecular flexibility index (Phi) is 3.84. The summed E-state index contributed by atoms with van der Waals surface area (Å²) in [5.41, 5.74) is 6.42. The molecule has 0 amide bonds. The van der Waals surface area contributed by atoms with E-state index in [0.29, 0.717) is 20.9 Å². The van der Waals surface area contributed by atoms with Gasteiger partial charge in [0.1, 0.15) is 11.6 Å². The van der Waals surface area contributed by atoms with Gasteiger partial charge in [0.2, 0.25) is 0 Å². The Morgan fingerprint density at radius 2 is 2.06 bits per heavy atom. The molecule has 0 radical (unpaired) electrons. The molecule has 1 unspecified atom stereocenters. The number of halogens is 4. The highest BCUT2D eigenvalue weighted by Gasteiger charge is 2.18. The van der Waals surface area contributed by atoms with Gasteiger partial charge < -0.3 is 5.73 Å². The fourth-order valence-electron chi connectivity index (χ4n) is 1.65. The van der Waals surface area contributed by atoms with E-state index in [0.717, 1.165) is 0 Å². The number of nitrogens with zero attached hydrogens (tertiary/aromatic N) is 2. The van der Waals surface area contributed by atoms with Gasteiger partial charge >= 0.3 is 0 Å². The molecule has 1 aromatic carbocycles. The lowest BCUT2D eigenvalue weighted by Gasteiger charge is -2.16. The lowest BCUT2D eigenvalue weighted by atomic mass is 10.1. The third-order valence-electron chi connectivity index (χ3n) is 2.64. The van der Waals surface area contributed by atoms with Crippen molar-refractivity contribution in [1.29, 1.82) is 0 Å². The number of hydrogen-bond acceptors (Lipinski definition) is 2. The van der Waals surface area contributed by atoms with Crippen LogP contribution in [-0.2, 0) is 0 Å². The highest BCUT2D eigenvalue weighted by Crippen LogP contribution is 2.32. The molecule has 1 aromatic heterocycles. The lowest BCUT2D eigenvalue weighted by molar-refractivity contribution is 0.563. The average Bonchev–Trinajstić information content (AvgIpc) is 2.64. The Morgan fingerprint density at radius 1 is 1.39 bits per heavy atom. The zero-order valence-corrected chi connectivity index (χ0v) is 12.4. The molecule has 0 aliphatic heterocycles. The van der Waals surface area contributed by atoms with Crippen molar-refractivity contribution in [3.63, 3.8) is 0 Å². The molecule has 0 fully saturated rings. The van der Waals surface area contributed by atoms with Gasteiger partial charge in [-0.25, -0.2) is 9.07 Å². The van der Waals surface area contributed by atoms with E-state index in [1.54, 1.807) is 10.9 Å². The summed E-state index contributed by atoms with van der Waals surface area (Å²) in [6.45, 7) is 1.82. The molecule has 18 heavy (non-hydrogen) atoms. The number of aromatic nitrogens is 2. The van der Waals surface area contributed by atoms with Crippen LogP contribution in [-0.4, -0.2) is 9.78 Å². The maximum Gasteiger partial charge on any atom is 0.142 e. The third-order valence-corrected chi connectivity index (χ3v) is 3.87. The summed E-state index contributed by atoms with van der Waals surface area (Å²) in [4.78, 5) is 0. The van der Waals surface area contributed by atoms with Crippen molar-refractivity contribution in [3.8, 4) is 0 Å². The molecule has 2 aromatic rings. The number of hydrogen-bond donors (Lipinski definition) is 1. The molecule has 0 aliphatic rings. The number of benzene rings is 1. The van der Waals surface area contributed by atoms with Crippen molar-refractivity contribution in [2.75, 3.05) is 5.73 Å². The van der Waals surface area contributed by atoms with E-state index < -0.39 is 5.82 Å². The number of anilines is 1. The summed E-state index contributed by atoms with van der Waals surface area (Å²) in [6.07, 6.45) is 1.58. The first-order valence-electron chi connectivity index (χ1n) is 5.04. The number of nitrogens with two attached hydrogens (primary N) is 1. The van der Waals surface area contributed by atoms with Gasteiger partial charge in [0.15, 0.2) is 0 Å². The van der Waals surface area contributed by atoms with Crippen LogP contribution < -0.4 is 5.73 Å². The molecule has 96 valence electrons. The number of rotatable bonds is 2. The first-order chi connectivity index (χ1) is 8.41. The Hall–Kier alpha value is -0.780. The maximum atomic E-state index is 13.5. The molecule has 0 saturated heterocycles. The first-order valence-corrected chi connectivity index (χ1v) is 6.59. The van der Waals surface area contributed by atoms with Crippen LogP contribution in [0.15, 0.2) is 22.8 Å². The van der Waals surface area contributed by atoms with Crippen molar-refractivity contribution in [1.82, 2.24) is 9.78 Å². The Labute approximate surface area is 122 Å². The molecule has 2 N–H and O–H groups in total. The lowest BCUT2D eigenvalue weighted by Crippen LogP contribution is -2.12. The SMILES string of the molecule is CC(c1cc(F)c(Cl)cc1Cl)n1ncc(Br)c1N. The van der Waals surface area contributed by atoms with Gasteiger partial charge in [-0.2, -0.15) is 5.10 Å². The smallest absolute Gasteiger partial charge is 0.142 e. The maximum absolute atomic E-state index is 13.5. The second-order valence-electron chi connectivity index (χ2n) is 3.79. The monoisotopic (exact) mass is 351 g/mol. The minimum absolute atomic E-state index is 0.00873. The van der Waals surface area contributed by atoms with Crippen molar-refractivity contribution < 1.29 is 4.39 Å². The zero-order chi connectivity index (χ0) is 13.4. The van der Waals surface area contributed by atoms with Crippen LogP contribution in [0.2, 0.25) is 10.0 Å². The second-order valence-corrected chi connectivity index (χ2v) is 5.45. The quantitative estimate of drug-likeness (QED) is 0.819. The standard InChI is InChI=1S/C11H9BrCl2FN3/c1-5(18-11(16)7(12)4-17-18)6-2-10(15)9(14)3-8(6)13/h2-5H,16H2,1H3. The van der Waals surface area contributed by atoms with E-state index in [9.17, 15) is 4.39 Å². The molecule has 1 heterocycles. The molecule has 0 saturated carbocycles.